The van der Waals surface area contributed by atoms with Gasteiger partial charge >= 0.3 is 0 Å². The molecule has 0 bridgehead atoms. The van der Waals surface area contributed by atoms with E-state index in [-0.39, 0.29) is 5.95 Å². The lowest BCUT2D eigenvalue weighted by Crippen LogP contribution is -2.18. The Morgan fingerprint density at radius 2 is 1.29 bits per heavy atom. The van der Waals surface area contributed by atoms with E-state index in [4.69, 9.17) is 20.7 Å². The van der Waals surface area contributed by atoms with Crippen molar-refractivity contribution in [2.75, 3.05) is 48.6 Å². The van der Waals surface area contributed by atoms with Crippen LogP contribution < -0.4 is 20.4 Å². The fourth-order valence-electron chi connectivity index (χ4n) is 5.19. The van der Waals surface area contributed by atoms with Crippen LogP contribution in [-0.2, 0) is 6.54 Å². The normalized spacial score (nSPS) is 11.3. The monoisotopic (exact) mass is 559 g/mol. The molecule has 2 N–H and O–H groups in total. The number of benzene rings is 2. The van der Waals surface area contributed by atoms with Gasteiger partial charge in [-0.1, -0.05) is 0 Å². The first-order valence-electron chi connectivity index (χ1n) is 13.6. The van der Waals surface area contributed by atoms with E-state index in [1.165, 1.54) is 0 Å². The summed E-state index contributed by atoms with van der Waals surface area (Å²) in [6.07, 6.45) is 5.30. The zero-order valence-corrected chi connectivity index (χ0v) is 24.6. The average Bonchev–Trinajstić information content (AvgIpc) is 3.45. The zero-order valence-electron chi connectivity index (χ0n) is 24.6. The van der Waals surface area contributed by atoms with Crippen molar-refractivity contribution in [1.29, 1.82) is 0 Å². The number of fused-ring (bicyclic) bond motifs is 2. The Balaban J connectivity index is 1.59. The highest BCUT2D eigenvalue weighted by Gasteiger charge is 2.21. The molecule has 0 fully saturated rings. The first-order valence-corrected chi connectivity index (χ1v) is 13.6. The van der Waals surface area contributed by atoms with Crippen LogP contribution in [0.3, 0.4) is 0 Å². The van der Waals surface area contributed by atoms with E-state index in [2.05, 4.69) is 49.0 Å². The molecule has 0 spiro atoms. The molecule has 0 amide bonds. The molecule has 6 rings (SSSR count). The van der Waals surface area contributed by atoms with Gasteiger partial charge in [0.25, 0.3) is 0 Å². The molecular formula is C31H33N11. The third-order valence-corrected chi connectivity index (χ3v) is 7.05. The molecule has 0 aliphatic carbocycles. The number of hydrogen-bond acceptors (Lipinski definition) is 10. The van der Waals surface area contributed by atoms with Crippen LogP contribution in [-0.4, -0.2) is 62.7 Å². The average molecular weight is 560 g/mol. The van der Waals surface area contributed by atoms with Crippen molar-refractivity contribution in [3.63, 3.8) is 0 Å². The highest BCUT2D eigenvalue weighted by Crippen LogP contribution is 2.39. The number of nitrogens with zero attached hydrogens (tertiary/aromatic N) is 10. The maximum atomic E-state index is 6.28. The lowest BCUT2D eigenvalue weighted by atomic mass is 10.1. The summed E-state index contributed by atoms with van der Waals surface area (Å²) in [6.45, 7) is 4.43. The topological polar surface area (TPSA) is 118 Å². The van der Waals surface area contributed by atoms with Gasteiger partial charge in [-0.3, -0.25) is 14.9 Å². The van der Waals surface area contributed by atoms with Crippen LogP contribution in [0.25, 0.3) is 21.8 Å². The van der Waals surface area contributed by atoms with E-state index in [1.54, 1.807) is 12.5 Å². The van der Waals surface area contributed by atoms with Gasteiger partial charge in [0.1, 0.15) is 0 Å². The Labute approximate surface area is 244 Å². The molecule has 6 aromatic rings. The molecule has 0 saturated carbocycles. The standard InChI is InChI=1S/C31H33N11/c1-19-13-27(39(3)4)23-15-21(7-9-25(23)34-19)42(31-37-29(36-30(32)38-31)17-41-12-11-33-18-41)22-8-10-26-24(16-22)28(40(5)6)14-20(2)35-26/h7-16,18H,17H2,1-6H3,(H2,32,36,37,38). The number of nitrogen functional groups attached to an aromatic ring is 1. The number of hydrogen-bond donors (Lipinski definition) is 1. The Hall–Kier alpha value is -5.32. The van der Waals surface area contributed by atoms with Gasteiger partial charge in [-0.2, -0.15) is 15.0 Å². The lowest BCUT2D eigenvalue weighted by molar-refractivity contribution is 0.736. The Kier molecular flexibility index (Phi) is 6.77. The molecule has 11 nitrogen and oxygen atoms in total. The van der Waals surface area contributed by atoms with Gasteiger partial charge in [-0.25, -0.2) is 4.98 Å². The summed E-state index contributed by atoms with van der Waals surface area (Å²) in [5.74, 6) is 1.08. The van der Waals surface area contributed by atoms with Crippen molar-refractivity contribution in [3.05, 3.63) is 84.5 Å². The molecule has 0 aliphatic heterocycles. The van der Waals surface area contributed by atoms with Crippen LogP contribution in [0.4, 0.5) is 34.6 Å². The third kappa shape index (κ3) is 5.12. The minimum Gasteiger partial charge on any atom is -0.377 e. The molecule has 2 aromatic carbocycles. The van der Waals surface area contributed by atoms with Crippen LogP contribution >= 0.6 is 0 Å². The Bertz CT molecular complexity index is 1820. The molecule has 212 valence electrons. The third-order valence-electron chi connectivity index (χ3n) is 7.05. The van der Waals surface area contributed by atoms with E-state index >= 15 is 0 Å². The number of nitrogens with two attached hydrogens (primary N) is 1. The highest BCUT2D eigenvalue weighted by atomic mass is 15.3. The number of aryl methyl sites for hydroxylation is 2. The van der Waals surface area contributed by atoms with Gasteiger partial charge < -0.3 is 20.1 Å². The van der Waals surface area contributed by atoms with Gasteiger partial charge in [0.2, 0.25) is 11.9 Å². The van der Waals surface area contributed by atoms with Gasteiger partial charge in [0.15, 0.2) is 5.82 Å². The van der Waals surface area contributed by atoms with Crippen molar-refractivity contribution in [2.24, 2.45) is 0 Å². The van der Waals surface area contributed by atoms with Crippen LogP contribution in [0.5, 0.6) is 0 Å². The van der Waals surface area contributed by atoms with Crippen molar-refractivity contribution >= 4 is 56.5 Å². The number of pyridine rings is 2. The largest absolute Gasteiger partial charge is 0.377 e. The summed E-state index contributed by atoms with van der Waals surface area (Å²) in [6, 6.07) is 16.6. The van der Waals surface area contributed by atoms with Crippen LogP contribution in [0, 0.1) is 13.8 Å². The fourth-order valence-corrected chi connectivity index (χ4v) is 5.19. The molecule has 0 saturated heterocycles. The van der Waals surface area contributed by atoms with Crippen molar-refractivity contribution in [2.45, 2.75) is 20.4 Å². The lowest BCUT2D eigenvalue weighted by Gasteiger charge is -2.26. The number of rotatable bonds is 7. The quantitative estimate of drug-likeness (QED) is 0.286. The second kappa shape index (κ2) is 10.6. The summed E-state index contributed by atoms with van der Waals surface area (Å²) in [5, 5.41) is 2.03. The first kappa shape index (κ1) is 26.9. The second-order valence-corrected chi connectivity index (χ2v) is 10.7. The van der Waals surface area contributed by atoms with Gasteiger partial charge in [0, 0.05) is 85.5 Å². The van der Waals surface area contributed by atoms with E-state index in [0.717, 1.165) is 55.9 Å². The molecule has 0 aliphatic rings. The minimum absolute atomic E-state index is 0.138. The number of imidazole rings is 1. The number of aromatic nitrogens is 7. The molecule has 0 radical (unpaired) electrons. The molecule has 0 unspecified atom stereocenters. The zero-order chi connectivity index (χ0) is 29.5. The summed E-state index contributed by atoms with van der Waals surface area (Å²) >= 11 is 0. The summed E-state index contributed by atoms with van der Waals surface area (Å²) in [7, 11) is 8.15. The number of anilines is 6. The van der Waals surface area contributed by atoms with Crippen LogP contribution in [0.1, 0.15) is 17.2 Å². The maximum absolute atomic E-state index is 6.28. The maximum Gasteiger partial charge on any atom is 0.239 e. The summed E-state index contributed by atoms with van der Waals surface area (Å²) in [5.41, 5.74) is 13.9. The van der Waals surface area contributed by atoms with E-state index in [9.17, 15) is 0 Å². The Morgan fingerprint density at radius 1 is 0.714 bits per heavy atom. The van der Waals surface area contributed by atoms with E-state index in [0.29, 0.717) is 18.3 Å². The fraction of sp³-hybridized carbons (Fsp3) is 0.226. The molecule has 4 aromatic heterocycles. The smallest absolute Gasteiger partial charge is 0.239 e. The summed E-state index contributed by atoms with van der Waals surface area (Å²) in [4.78, 5) is 33.8. The van der Waals surface area contributed by atoms with Gasteiger partial charge in [-0.05, 0) is 62.4 Å². The van der Waals surface area contributed by atoms with Gasteiger partial charge in [0.05, 0.1) is 23.9 Å². The van der Waals surface area contributed by atoms with Crippen molar-refractivity contribution < 1.29 is 0 Å². The van der Waals surface area contributed by atoms with E-state index < -0.39 is 0 Å². The van der Waals surface area contributed by atoms with Gasteiger partial charge in [-0.15, -0.1) is 0 Å². The second-order valence-electron chi connectivity index (χ2n) is 10.7. The molecule has 4 heterocycles. The van der Waals surface area contributed by atoms with Crippen LogP contribution in [0.15, 0.2) is 67.3 Å². The Morgan fingerprint density at radius 3 is 1.79 bits per heavy atom. The minimum atomic E-state index is 0.138. The SMILES string of the molecule is Cc1cc(N(C)C)c2cc(N(c3ccc4nc(C)cc(N(C)C)c4c3)c3nc(N)nc(Cn4ccnc4)n3)ccc2n1. The molecule has 11 heteroatoms. The van der Waals surface area contributed by atoms with Crippen LogP contribution in [0.2, 0.25) is 0 Å². The first-order chi connectivity index (χ1) is 20.2. The predicted molar refractivity (Wildman–Crippen MR) is 169 cm³/mol. The van der Waals surface area contributed by atoms with Crippen molar-refractivity contribution in [1.82, 2.24) is 34.5 Å². The molecule has 0 atom stereocenters. The summed E-state index contributed by atoms with van der Waals surface area (Å²) < 4.78 is 1.89. The predicted octanol–water partition coefficient (Wildman–Crippen LogP) is 5.01. The molecular weight excluding hydrogens is 526 g/mol. The highest BCUT2D eigenvalue weighted by molar-refractivity contribution is 5.98. The molecule has 42 heavy (non-hydrogen) atoms. The van der Waals surface area contributed by atoms with Crippen molar-refractivity contribution in [3.8, 4) is 0 Å². The van der Waals surface area contributed by atoms with E-state index in [1.807, 2.05) is 82.0 Å².